The van der Waals surface area contributed by atoms with E-state index in [2.05, 4.69) is 15.0 Å². The van der Waals surface area contributed by atoms with Crippen molar-refractivity contribution in [3.63, 3.8) is 0 Å². The largest absolute Gasteiger partial charge is 0.467 e. The maximum absolute atomic E-state index is 14.3. The van der Waals surface area contributed by atoms with Gasteiger partial charge in [-0.2, -0.15) is 5.10 Å². The van der Waals surface area contributed by atoms with Gasteiger partial charge in [0, 0.05) is 6.20 Å². The molecule has 200 valence electrons. The van der Waals surface area contributed by atoms with Crippen LogP contribution in [0.3, 0.4) is 0 Å². The summed E-state index contributed by atoms with van der Waals surface area (Å²) < 4.78 is 36.9. The van der Waals surface area contributed by atoms with Crippen LogP contribution < -0.4 is 16.0 Å². The summed E-state index contributed by atoms with van der Waals surface area (Å²) in [5, 5.41) is 5.90. The van der Waals surface area contributed by atoms with Gasteiger partial charge in [0.2, 0.25) is 0 Å². The molecule has 10 nitrogen and oxygen atoms in total. The quantitative estimate of drug-likeness (QED) is 0.314. The first kappa shape index (κ1) is 24.3. The highest BCUT2D eigenvalue weighted by atomic mass is 32.1. The van der Waals surface area contributed by atoms with Crippen molar-refractivity contribution in [2.75, 3.05) is 5.73 Å². The van der Waals surface area contributed by atoms with Crippen molar-refractivity contribution < 1.29 is 13.5 Å². The number of hydrogen-bond donors (Lipinski definition) is 1. The van der Waals surface area contributed by atoms with Gasteiger partial charge in [0.1, 0.15) is 41.2 Å². The van der Waals surface area contributed by atoms with Crippen LogP contribution in [0.25, 0.3) is 38.4 Å². The zero-order chi connectivity index (χ0) is 27.5. The molecule has 0 bridgehead atoms. The molecule has 6 aromatic rings. The van der Waals surface area contributed by atoms with Crippen molar-refractivity contribution in [1.82, 2.24) is 34.1 Å². The zero-order valence-electron chi connectivity index (χ0n) is 21.0. The number of thiazole rings is 1. The van der Waals surface area contributed by atoms with Gasteiger partial charge in [-0.1, -0.05) is 23.5 Å². The molecule has 2 N–H and O–H groups in total. The predicted molar refractivity (Wildman–Crippen MR) is 145 cm³/mol. The zero-order valence-corrected chi connectivity index (χ0v) is 21.8. The van der Waals surface area contributed by atoms with E-state index in [1.807, 2.05) is 0 Å². The average molecular weight is 559 g/mol. The Bertz CT molecular complexity index is 2000. The van der Waals surface area contributed by atoms with E-state index >= 15 is 0 Å². The molecular weight excluding hydrogens is 538 g/mol. The Morgan fingerprint density at radius 1 is 1.12 bits per heavy atom. The molecule has 1 atom stereocenters. The second-order valence-corrected chi connectivity index (χ2v) is 10.5. The van der Waals surface area contributed by atoms with Crippen LogP contribution in [0.2, 0.25) is 0 Å². The van der Waals surface area contributed by atoms with E-state index in [4.69, 9.17) is 20.6 Å². The van der Waals surface area contributed by atoms with Gasteiger partial charge < -0.3 is 10.5 Å². The first-order valence-electron chi connectivity index (χ1n) is 12.5. The fourth-order valence-electron chi connectivity index (χ4n) is 4.65. The number of halogens is 2. The highest BCUT2D eigenvalue weighted by Crippen LogP contribution is 2.39. The van der Waals surface area contributed by atoms with E-state index < -0.39 is 23.2 Å². The molecule has 5 aromatic heterocycles. The molecule has 13 heteroatoms. The van der Waals surface area contributed by atoms with Gasteiger partial charge in [-0.25, -0.2) is 33.4 Å². The Balaban J connectivity index is 1.45. The number of ether oxygens (including phenoxy) is 1. The fourth-order valence-corrected chi connectivity index (χ4v) is 5.47. The molecule has 0 amide bonds. The Morgan fingerprint density at radius 3 is 2.77 bits per heavy atom. The monoisotopic (exact) mass is 558 g/mol. The molecule has 0 saturated heterocycles. The van der Waals surface area contributed by atoms with Gasteiger partial charge in [-0.05, 0) is 49.6 Å². The smallest absolute Gasteiger partial charge is 0.274 e. The molecule has 5 heterocycles. The minimum absolute atomic E-state index is 0.111. The number of hydrogen-bond acceptors (Lipinski definition) is 9. The molecule has 0 aliphatic heterocycles. The summed E-state index contributed by atoms with van der Waals surface area (Å²) in [5.74, 6) is -0.905. The number of aromatic nitrogens is 7. The summed E-state index contributed by atoms with van der Waals surface area (Å²) in [6.07, 6.45) is 6.25. The van der Waals surface area contributed by atoms with Crippen LogP contribution >= 0.6 is 11.3 Å². The van der Waals surface area contributed by atoms with E-state index in [0.717, 1.165) is 23.4 Å². The van der Waals surface area contributed by atoms with Crippen molar-refractivity contribution in [2.45, 2.75) is 31.9 Å². The fraction of sp³-hybridized carbons (Fsp3) is 0.185. The van der Waals surface area contributed by atoms with Crippen molar-refractivity contribution in [1.29, 1.82) is 0 Å². The SMILES string of the molecule is CC(c1nc2ccc(F)cn2c(=O)c1-c1cccc(F)c1)n1nc(-c2cnc(OC3CC3)s2)c2c(N)ncnc21. The van der Waals surface area contributed by atoms with Crippen LogP contribution in [0, 0.1) is 11.6 Å². The lowest BCUT2D eigenvalue weighted by Gasteiger charge is -2.18. The number of anilines is 1. The Hall–Kier alpha value is -4.78. The summed E-state index contributed by atoms with van der Waals surface area (Å²) in [7, 11) is 0. The minimum atomic E-state index is -0.679. The first-order chi connectivity index (χ1) is 19.4. The van der Waals surface area contributed by atoms with Gasteiger partial charge in [-0.15, -0.1) is 0 Å². The average Bonchev–Trinajstić information content (AvgIpc) is 3.48. The van der Waals surface area contributed by atoms with Crippen molar-refractivity contribution >= 4 is 33.8 Å². The van der Waals surface area contributed by atoms with Gasteiger partial charge in [0.05, 0.1) is 33.8 Å². The topological polar surface area (TPSA) is 126 Å². The molecule has 1 unspecified atom stereocenters. The molecular formula is C27H20F2N8O2S. The number of pyridine rings is 1. The lowest BCUT2D eigenvalue weighted by molar-refractivity contribution is 0.301. The summed E-state index contributed by atoms with van der Waals surface area (Å²) in [5.41, 5.74) is 7.61. The molecule has 7 rings (SSSR count). The van der Waals surface area contributed by atoms with E-state index in [1.165, 1.54) is 48.0 Å². The van der Waals surface area contributed by atoms with Gasteiger partial charge >= 0.3 is 0 Å². The second kappa shape index (κ2) is 9.16. The van der Waals surface area contributed by atoms with Crippen LogP contribution in [-0.2, 0) is 0 Å². The Kier molecular flexibility index (Phi) is 5.56. The third-order valence-corrected chi connectivity index (χ3v) is 7.61. The summed E-state index contributed by atoms with van der Waals surface area (Å²) >= 11 is 1.34. The van der Waals surface area contributed by atoms with Crippen LogP contribution in [0.4, 0.5) is 14.6 Å². The number of fused-ring (bicyclic) bond motifs is 2. The Labute approximate surface area is 228 Å². The van der Waals surface area contributed by atoms with Crippen LogP contribution in [0.5, 0.6) is 5.19 Å². The highest BCUT2D eigenvalue weighted by Gasteiger charge is 2.28. The third-order valence-electron chi connectivity index (χ3n) is 6.72. The van der Waals surface area contributed by atoms with Crippen molar-refractivity contribution in [2.24, 2.45) is 0 Å². The summed E-state index contributed by atoms with van der Waals surface area (Å²) in [6.45, 7) is 1.80. The first-order valence-corrected chi connectivity index (χ1v) is 13.3. The third kappa shape index (κ3) is 4.06. The van der Waals surface area contributed by atoms with Gasteiger partial charge in [0.25, 0.3) is 10.8 Å². The molecule has 0 spiro atoms. The molecule has 1 fully saturated rings. The standard InChI is InChI=1S/C27H20F2N8O2S/c1-13(22-20(14-3-2-4-15(28)9-14)26(38)36-11-16(29)5-8-19(36)34-22)37-25-21(24(30)32-12-33-25)23(35-37)18-10-31-27(40-18)39-17-6-7-17/h2-5,8-13,17H,6-7H2,1H3,(H2,30,32,33). The van der Waals surface area contributed by atoms with Gasteiger partial charge in [-0.3, -0.25) is 9.20 Å². The number of nitrogen functional groups attached to an aromatic ring is 1. The number of rotatable bonds is 6. The molecule has 40 heavy (non-hydrogen) atoms. The van der Waals surface area contributed by atoms with Crippen LogP contribution in [0.1, 0.15) is 31.5 Å². The second-order valence-electron chi connectivity index (χ2n) is 9.50. The summed E-state index contributed by atoms with van der Waals surface area (Å²) in [4.78, 5) is 32.2. The van der Waals surface area contributed by atoms with Crippen molar-refractivity contribution in [3.05, 3.63) is 82.8 Å². The lowest BCUT2D eigenvalue weighted by Crippen LogP contribution is -2.23. The van der Waals surface area contributed by atoms with Crippen LogP contribution in [0.15, 0.2) is 59.9 Å². The van der Waals surface area contributed by atoms with E-state index in [-0.39, 0.29) is 23.1 Å². The number of benzene rings is 1. The maximum Gasteiger partial charge on any atom is 0.274 e. The molecule has 1 aliphatic carbocycles. The van der Waals surface area contributed by atoms with E-state index in [0.29, 0.717) is 38.1 Å². The lowest BCUT2D eigenvalue weighted by atomic mass is 10.0. The van der Waals surface area contributed by atoms with E-state index in [1.54, 1.807) is 23.9 Å². The van der Waals surface area contributed by atoms with E-state index in [9.17, 15) is 13.6 Å². The molecule has 1 aromatic carbocycles. The maximum atomic E-state index is 14.3. The number of nitrogens with two attached hydrogens (primary N) is 1. The normalized spacial score (nSPS) is 14.2. The molecule has 0 radical (unpaired) electrons. The molecule has 1 saturated carbocycles. The number of nitrogens with zero attached hydrogens (tertiary/aromatic N) is 7. The highest BCUT2D eigenvalue weighted by molar-refractivity contribution is 7.16. The van der Waals surface area contributed by atoms with Crippen LogP contribution in [-0.4, -0.2) is 40.2 Å². The minimum Gasteiger partial charge on any atom is -0.467 e. The predicted octanol–water partition coefficient (Wildman–Crippen LogP) is 4.64. The summed E-state index contributed by atoms with van der Waals surface area (Å²) in [6, 6.07) is 7.58. The van der Waals surface area contributed by atoms with Gasteiger partial charge in [0.15, 0.2) is 5.65 Å². The Morgan fingerprint density at radius 2 is 1.98 bits per heavy atom. The van der Waals surface area contributed by atoms with Crippen molar-refractivity contribution in [3.8, 4) is 26.9 Å². The molecule has 1 aliphatic rings.